The van der Waals surface area contributed by atoms with E-state index in [1.54, 1.807) is 6.20 Å². The Kier molecular flexibility index (Phi) is 5.00. The second-order valence-corrected chi connectivity index (χ2v) is 6.82. The van der Waals surface area contributed by atoms with Crippen LogP contribution in [0.3, 0.4) is 0 Å². The van der Waals surface area contributed by atoms with Crippen molar-refractivity contribution in [3.8, 4) is 0 Å². The summed E-state index contributed by atoms with van der Waals surface area (Å²) in [6, 6.07) is 12.8. The molecule has 1 saturated carbocycles. The van der Waals surface area contributed by atoms with Crippen LogP contribution in [0.15, 0.2) is 48.8 Å². The van der Waals surface area contributed by atoms with Gasteiger partial charge in [-0.05, 0) is 38.3 Å². The Morgan fingerprint density at radius 1 is 1.25 bits per heavy atom. The summed E-state index contributed by atoms with van der Waals surface area (Å²) >= 11 is 0. The molecule has 1 amide bonds. The van der Waals surface area contributed by atoms with Gasteiger partial charge in [0.15, 0.2) is 0 Å². The van der Waals surface area contributed by atoms with E-state index >= 15 is 0 Å². The van der Waals surface area contributed by atoms with Gasteiger partial charge < -0.3 is 10.6 Å². The highest BCUT2D eigenvalue weighted by atomic mass is 16.1. The van der Waals surface area contributed by atoms with Crippen LogP contribution in [-0.4, -0.2) is 34.8 Å². The normalized spacial score (nSPS) is 17.9. The number of benzene rings is 1. The van der Waals surface area contributed by atoms with Gasteiger partial charge in [-0.15, -0.1) is 0 Å². The first-order chi connectivity index (χ1) is 11.6. The van der Waals surface area contributed by atoms with E-state index in [0.717, 1.165) is 19.4 Å². The number of rotatable bonds is 8. The topological polar surface area (TPSA) is 59.0 Å². The lowest BCUT2D eigenvalue weighted by molar-refractivity contribution is -0.120. The average Bonchev–Trinajstić information content (AvgIpc) is 3.21. The van der Waals surface area contributed by atoms with E-state index in [9.17, 15) is 4.79 Å². The molecule has 1 aromatic heterocycles. The minimum Gasteiger partial charge on any atom is -0.354 e. The van der Waals surface area contributed by atoms with Gasteiger partial charge in [0.2, 0.25) is 5.91 Å². The molecule has 0 aliphatic heterocycles. The fourth-order valence-electron chi connectivity index (χ4n) is 3.02. The Bertz CT molecular complexity index is 649. The number of amides is 1. The van der Waals surface area contributed by atoms with Crippen LogP contribution < -0.4 is 10.6 Å². The molecule has 128 valence electrons. The van der Waals surface area contributed by atoms with E-state index in [1.165, 1.54) is 5.56 Å². The van der Waals surface area contributed by atoms with Crippen molar-refractivity contribution in [2.45, 2.75) is 44.2 Å². The SMILES string of the molecule is C[C@H]([C@@H](C)NCC(=O)NCC1(c2ccccc2)CC1)n1cccn1. The van der Waals surface area contributed by atoms with Gasteiger partial charge in [0.1, 0.15) is 0 Å². The van der Waals surface area contributed by atoms with Crippen molar-refractivity contribution >= 4 is 5.91 Å². The molecule has 1 aliphatic rings. The standard InChI is InChI=1S/C19H26N4O/c1-15(16(2)23-12-6-11-22-23)20-13-18(24)21-14-19(9-10-19)17-7-4-3-5-8-17/h3-8,11-12,15-16,20H,9-10,13-14H2,1-2H3,(H,21,24)/t15-,16-/m1/s1. The van der Waals surface area contributed by atoms with Gasteiger partial charge >= 0.3 is 0 Å². The fourth-order valence-corrected chi connectivity index (χ4v) is 3.02. The summed E-state index contributed by atoms with van der Waals surface area (Å²) in [6.07, 6.45) is 6.02. The molecule has 2 atom stereocenters. The predicted octanol–water partition coefficient (Wildman–Crippen LogP) is 2.27. The van der Waals surface area contributed by atoms with Crippen LogP contribution in [0.25, 0.3) is 0 Å². The Hall–Kier alpha value is -2.14. The number of nitrogens with one attached hydrogen (secondary N) is 2. The number of carbonyl (C=O) groups excluding carboxylic acids is 1. The highest BCUT2D eigenvalue weighted by Gasteiger charge is 2.44. The van der Waals surface area contributed by atoms with Crippen LogP contribution in [0.5, 0.6) is 0 Å². The quantitative estimate of drug-likeness (QED) is 0.782. The Morgan fingerprint density at radius 2 is 2.00 bits per heavy atom. The molecule has 2 N–H and O–H groups in total. The highest BCUT2D eigenvalue weighted by molar-refractivity contribution is 5.78. The molecule has 0 radical (unpaired) electrons. The maximum Gasteiger partial charge on any atom is 0.233 e. The lowest BCUT2D eigenvalue weighted by atomic mass is 9.96. The molecular weight excluding hydrogens is 300 g/mol. The van der Waals surface area contributed by atoms with Crippen LogP contribution in [0.4, 0.5) is 0 Å². The van der Waals surface area contributed by atoms with Crippen molar-refractivity contribution in [1.82, 2.24) is 20.4 Å². The maximum absolute atomic E-state index is 12.2. The van der Waals surface area contributed by atoms with Crippen LogP contribution in [-0.2, 0) is 10.2 Å². The second kappa shape index (κ2) is 7.18. The lowest BCUT2D eigenvalue weighted by Crippen LogP contribution is -2.43. The molecule has 3 rings (SSSR count). The summed E-state index contributed by atoms with van der Waals surface area (Å²) in [5.74, 6) is 0.0525. The third kappa shape index (κ3) is 3.85. The van der Waals surface area contributed by atoms with E-state index in [-0.39, 0.29) is 23.4 Å². The zero-order valence-corrected chi connectivity index (χ0v) is 14.4. The van der Waals surface area contributed by atoms with Gasteiger partial charge in [-0.25, -0.2) is 0 Å². The van der Waals surface area contributed by atoms with E-state index in [2.05, 4.69) is 53.8 Å². The highest BCUT2D eigenvalue weighted by Crippen LogP contribution is 2.47. The average molecular weight is 326 g/mol. The zero-order valence-electron chi connectivity index (χ0n) is 14.4. The summed E-state index contributed by atoms with van der Waals surface area (Å²) in [5.41, 5.74) is 1.49. The Morgan fingerprint density at radius 3 is 2.62 bits per heavy atom. The lowest BCUT2D eigenvalue weighted by Gasteiger charge is -2.22. The predicted molar refractivity (Wildman–Crippen MR) is 94.8 cm³/mol. The van der Waals surface area contributed by atoms with Crippen molar-refractivity contribution in [3.05, 3.63) is 54.4 Å². The summed E-state index contributed by atoms with van der Waals surface area (Å²) < 4.78 is 1.91. The molecule has 24 heavy (non-hydrogen) atoms. The number of carbonyl (C=O) groups is 1. The number of aromatic nitrogens is 2. The van der Waals surface area contributed by atoms with Gasteiger partial charge in [0, 0.05) is 30.4 Å². The second-order valence-electron chi connectivity index (χ2n) is 6.82. The largest absolute Gasteiger partial charge is 0.354 e. The molecular formula is C19H26N4O. The number of nitrogens with zero attached hydrogens (tertiary/aromatic N) is 2. The zero-order chi connectivity index (χ0) is 17.0. The summed E-state index contributed by atoms with van der Waals surface area (Å²) in [5, 5.41) is 10.6. The molecule has 1 heterocycles. The van der Waals surface area contributed by atoms with E-state index < -0.39 is 0 Å². The van der Waals surface area contributed by atoms with Crippen molar-refractivity contribution in [2.75, 3.05) is 13.1 Å². The molecule has 0 spiro atoms. The third-order valence-electron chi connectivity index (χ3n) is 5.11. The van der Waals surface area contributed by atoms with Crippen molar-refractivity contribution in [1.29, 1.82) is 0 Å². The smallest absolute Gasteiger partial charge is 0.233 e. The molecule has 0 unspecified atom stereocenters. The van der Waals surface area contributed by atoms with Crippen LogP contribution in [0, 0.1) is 0 Å². The van der Waals surface area contributed by atoms with Gasteiger partial charge in [-0.3, -0.25) is 9.48 Å². The van der Waals surface area contributed by atoms with E-state index in [0.29, 0.717) is 6.54 Å². The van der Waals surface area contributed by atoms with Crippen LogP contribution in [0.1, 0.15) is 38.3 Å². The summed E-state index contributed by atoms with van der Waals surface area (Å²) in [6.45, 7) is 5.22. The molecule has 1 aromatic carbocycles. The maximum atomic E-state index is 12.2. The molecule has 2 aromatic rings. The summed E-state index contributed by atoms with van der Waals surface area (Å²) in [7, 11) is 0. The first-order valence-corrected chi connectivity index (χ1v) is 8.65. The number of hydrogen-bond donors (Lipinski definition) is 2. The van der Waals surface area contributed by atoms with Gasteiger partial charge in [0.25, 0.3) is 0 Å². The van der Waals surface area contributed by atoms with Gasteiger partial charge in [-0.2, -0.15) is 5.10 Å². The van der Waals surface area contributed by atoms with E-state index in [1.807, 2.05) is 23.0 Å². The van der Waals surface area contributed by atoms with Crippen molar-refractivity contribution in [2.24, 2.45) is 0 Å². The molecule has 0 saturated heterocycles. The van der Waals surface area contributed by atoms with Gasteiger partial charge in [-0.1, -0.05) is 30.3 Å². The van der Waals surface area contributed by atoms with Crippen LogP contribution in [0.2, 0.25) is 0 Å². The van der Waals surface area contributed by atoms with Gasteiger partial charge in [0.05, 0.1) is 12.6 Å². The molecule has 1 aliphatic carbocycles. The molecule has 5 nitrogen and oxygen atoms in total. The minimum atomic E-state index is 0.0525. The monoisotopic (exact) mass is 326 g/mol. The minimum absolute atomic E-state index is 0.0525. The summed E-state index contributed by atoms with van der Waals surface area (Å²) in [4.78, 5) is 12.2. The first-order valence-electron chi connectivity index (χ1n) is 8.65. The third-order valence-corrected chi connectivity index (χ3v) is 5.11. The van der Waals surface area contributed by atoms with Crippen LogP contribution >= 0.6 is 0 Å². The Balaban J connectivity index is 1.43. The number of hydrogen-bond acceptors (Lipinski definition) is 3. The molecule has 5 heteroatoms. The van der Waals surface area contributed by atoms with E-state index in [4.69, 9.17) is 0 Å². The fraction of sp³-hybridized carbons (Fsp3) is 0.474. The van der Waals surface area contributed by atoms with Crippen molar-refractivity contribution in [3.63, 3.8) is 0 Å². The first kappa shape index (κ1) is 16.7. The van der Waals surface area contributed by atoms with Crippen molar-refractivity contribution < 1.29 is 4.79 Å². The molecule has 0 bridgehead atoms. The molecule has 1 fully saturated rings. The Labute approximate surface area is 143 Å².